The number of Topliss-reactive ketones (excluding diaryl/α,β-unsaturated/α-hetero) is 1. The Hall–Kier alpha value is -2.78. The largest absolute Gasteiger partial charge is 0.465 e. The minimum absolute atomic E-state index is 0.0414. The molecular weight excluding hydrogens is 652 g/mol. The van der Waals surface area contributed by atoms with E-state index in [9.17, 15) is 24.0 Å². The van der Waals surface area contributed by atoms with E-state index >= 15 is 4.79 Å². The minimum atomic E-state index is -1.39. The molecule has 10 rings (SSSR count). The summed E-state index contributed by atoms with van der Waals surface area (Å²) in [6.45, 7) is 11.9. The number of cyclic esters (lactones) is 3. The molecule has 0 amide bonds. The molecule has 0 aromatic carbocycles. The zero-order valence-corrected chi connectivity index (χ0v) is 30.9. The molecule has 10 aliphatic rings. The van der Waals surface area contributed by atoms with Gasteiger partial charge >= 0.3 is 29.8 Å². The van der Waals surface area contributed by atoms with Gasteiger partial charge in [-0.3, -0.25) is 28.8 Å². The van der Waals surface area contributed by atoms with Gasteiger partial charge in [-0.1, -0.05) is 13.8 Å². The Bertz CT molecular complexity index is 1570. The molecule has 2 heterocycles. The lowest BCUT2D eigenvalue weighted by atomic mass is 9.53. The van der Waals surface area contributed by atoms with Crippen LogP contribution in [0.3, 0.4) is 0 Å². The van der Waals surface area contributed by atoms with Crippen LogP contribution in [0.25, 0.3) is 0 Å². The van der Waals surface area contributed by atoms with E-state index in [2.05, 4.69) is 6.92 Å². The number of rotatable bonds is 7. The second-order valence-electron chi connectivity index (χ2n) is 20.0. The van der Waals surface area contributed by atoms with Gasteiger partial charge in [0.25, 0.3) is 0 Å². The highest BCUT2D eigenvalue weighted by atomic mass is 16.6. The molecule has 8 bridgehead atoms. The van der Waals surface area contributed by atoms with Gasteiger partial charge in [0.1, 0.15) is 17.0 Å². The molecule has 8 saturated carbocycles. The zero-order valence-electron chi connectivity index (χ0n) is 30.9. The molecule has 278 valence electrons. The van der Waals surface area contributed by atoms with Gasteiger partial charge in [0.05, 0.1) is 35.7 Å². The van der Waals surface area contributed by atoms with E-state index in [1.54, 1.807) is 13.8 Å². The molecule has 16 unspecified atom stereocenters. The van der Waals surface area contributed by atoms with Crippen molar-refractivity contribution in [3.05, 3.63) is 0 Å². The van der Waals surface area contributed by atoms with Crippen molar-refractivity contribution in [2.24, 2.45) is 100 Å². The van der Waals surface area contributed by atoms with Crippen LogP contribution in [-0.2, 0) is 47.7 Å². The molecule has 51 heavy (non-hydrogen) atoms. The summed E-state index contributed by atoms with van der Waals surface area (Å²) in [5, 5.41) is 0. The lowest BCUT2D eigenvalue weighted by molar-refractivity contribution is -0.203. The number of hydrogen-bond acceptors (Lipinski definition) is 10. The molecule has 2 aliphatic heterocycles. The van der Waals surface area contributed by atoms with Crippen LogP contribution in [0.2, 0.25) is 0 Å². The van der Waals surface area contributed by atoms with Crippen LogP contribution >= 0.6 is 0 Å². The molecule has 16 atom stereocenters. The van der Waals surface area contributed by atoms with E-state index in [0.717, 1.165) is 38.5 Å². The summed E-state index contributed by atoms with van der Waals surface area (Å²) in [6, 6.07) is 0. The SMILES string of the molecule is CC1C(=O)OC(=O)C1C(C)(CC1C2CC(CC2C(=O)OC(C)(C)C)C1C1C(C)C2CC1C1COC(=O)C21)C(=O)OC12CC3CC(C1)C(=O)C(C3)C2. The lowest BCUT2D eigenvalue weighted by Gasteiger charge is -2.55. The van der Waals surface area contributed by atoms with Gasteiger partial charge in [-0.25, -0.2) is 0 Å². The Labute approximate surface area is 300 Å². The maximum Gasteiger partial charge on any atom is 0.318 e. The van der Waals surface area contributed by atoms with Crippen LogP contribution in [0.4, 0.5) is 0 Å². The highest BCUT2D eigenvalue weighted by molar-refractivity contribution is 5.99. The fourth-order valence-corrected chi connectivity index (χ4v) is 14.8. The van der Waals surface area contributed by atoms with Crippen molar-refractivity contribution in [1.82, 2.24) is 0 Å². The average molecular weight is 707 g/mol. The number of carbonyl (C=O) groups is 6. The van der Waals surface area contributed by atoms with Gasteiger partial charge in [0.15, 0.2) is 0 Å². The number of ketones is 1. The fourth-order valence-electron chi connectivity index (χ4n) is 14.8. The van der Waals surface area contributed by atoms with E-state index in [4.69, 9.17) is 18.9 Å². The topological polar surface area (TPSA) is 139 Å². The van der Waals surface area contributed by atoms with Crippen LogP contribution in [-0.4, -0.2) is 53.4 Å². The molecule has 0 aromatic rings. The third-order valence-corrected chi connectivity index (χ3v) is 16.3. The van der Waals surface area contributed by atoms with E-state index in [-0.39, 0.29) is 77.0 Å². The van der Waals surface area contributed by atoms with E-state index < -0.39 is 46.4 Å². The van der Waals surface area contributed by atoms with Crippen molar-refractivity contribution in [1.29, 1.82) is 0 Å². The molecule has 10 fully saturated rings. The molecule has 0 radical (unpaired) electrons. The normalized spacial score (nSPS) is 50.0. The Kier molecular flexibility index (Phi) is 7.42. The van der Waals surface area contributed by atoms with Crippen molar-refractivity contribution in [3.8, 4) is 0 Å². The standard InChI is InChI=1S/C41H54O10/c1-17-23-11-25(28-16-48-36(45)31(23)28)29(17)30-20-9-24(26(10-20)35(44)50-39(3,4)5)27(30)15-40(6,32-18(2)34(43)49-37(32)46)38(47)51-41-12-19-7-21(13-41)33(42)22(8-19)14-41/h17-32H,7-16H2,1-6H3. The molecular formula is C41H54O10. The number of ether oxygens (including phenoxy) is 4. The first kappa shape index (κ1) is 34.0. The van der Waals surface area contributed by atoms with Gasteiger partial charge in [-0.2, -0.15) is 0 Å². The summed E-state index contributed by atoms with van der Waals surface area (Å²) in [7, 11) is 0. The Morgan fingerprint density at radius 3 is 2.16 bits per heavy atom. The Morgan fingerprint density at radius 1 is 0.804 bits per heavy atom. The Morgan fingerprint density at radius 2 is 1.51 bits per heavy atom. The van der Waals surface area contributed by atoms with Gasteiger partial charge < -0.3 is 18.9 Å². The van der Waals surface area contributed by atoms with Crippen molar-refractivity contribution < 1.29 is 47.7 Å². The quantitative estimate of drug-likeness (QED) is 0.194. The van der Waals surface area contributed by atoms with E-state index in [1.807, 2.05) is 20.8 Å². The lowest BCUT2D eigenvalue weighted by Crippen LogP contribution is -2.58. The van der Waals surface area contributed by atoms with Crippen molar-refractivity contribution in [2.75, 3.05) is 6.61 Å². The summed E-state index contributed by atoms with van der Waals surface area (Å²) in [6.07, 6.45) is 6.34. The first-order chi connectivity index (χ1) is 24.0. The number of fused-ring (bicyclic) bond motifs is 7. The van der Waals surface area contributed by atoms with Gasteiger partial charge in [-0.15, -0.1) is 0 Å². The van der Waals surface area contributed by atoms with Crippen molar-refractivity contribution in [3.63, 3.8) is 0 Å². The first-order valence-corrected chi connectivity index (χ1v) is 19.9. The fraction of sp³-hybridized carbons (Fsp3) is 0.854. The summed E-state index contributed by atoms with van der Waals surface area (Å²) < 4.78 is 23.5. The van der Waals surface area contributed by atoms with Crippen LogP contribution < -0.4 is 0 Å². The highest BCUT2D eigenvalue weighted by Gasteiger charge is 2.69. The second-order valence-corrected chi connectivity index (χ2v) is 20.0. The summed E-state index contributed by atoms with van der Waals surface area (Å²) in [4.78, 5) is 81.3. The van der Waals surface area contributed by atoms with Gasteiger partial charge in [0.2, 0.25) is 0 Å². The van der Waals surface area contributed by atoms with Crippen LogP contribution in [0, 0.1) is 100 Å². The predicted octanol–water partition coefficient (Wildman–Crippen LogP) is 5.33. The van der Waals surface area contributed by atoms with Gasteiger partial charge in [0, 0.05) is 17.8 Å². The Balaban J connectivity index is 1.08. The highest BCUT2D eigenvalue weighted by Crippen LogP contribution is 2.70. The van der Waals surface area contributed by atoms with Crippen molar-refractivity contribution >= 4 is 35.6 Å². The third-order valence-electron chi connectivity index (χ3n) is 16.3. The molecule has 10 nitrogen and oxygen atoms in total. The number of carbonyl (C=O) groups excluding carboxylic acids is 6. The molecule has 0 aromatic heterocycles. The maximum atomic E-state index is 15.0. The van der Waals surface area contributed by atoms with Crippen LogP contribution in [0.15, 0.2) is 0 Å². The first-order valence-electron chi connectivity index (χ1n) is 19.9. The second kappa shape index (κ2) is 11.1. The van der Waals surface area contributed by atoms with Crippen molar-refractivity contribution in [2.45, 2.75) is 111 Å². The summed E-state index contributed by atoms with van der Waals surface area (Å²) >= 11 is 0. The van der Waals surface area contributed by atoms with Crippen LogP contribution in [0.1, 0.15) is 99.3 Å². The summed E-state index contributed by atoms with van der Waals surface area (Å²) in [5.41, 5.74) is -2.77. The third kappa shape index (κ3) is 4.91. The van der Waals surface area contributed by atoms with Crippen LogP contribution in [0.5, 0.6) is 0 Å². The number of esters is 5. The molecule has 8 aliphatic carbocycles. The molecule has 0 N–H and O–H groups in total. The molecule has 2 saturated heterocycles. The maximum absolute atomic E-state index is 15.0. The smallest absolute Gasteiger partial charge is 0.318 e. The average Bonchev–Trinajstić information content (AvgIpc) is 3.87. The van der Waals surface area contributed by atoms with E-state index in [1.165, 1.54) is 0 Å². The number of hydrogen-bond donors (Lipinski definition) is 0. The monoisotopic (exact) mass is 706 g/mol. The van der Waals surface area contributed by atoms with Gasteiger partial charge in [-0.05, 0) is 139 Å². The molecule has 0 spiro atoms. The molecule has 10 heteroatoms. The minimum Gasteiger partial charge on any atom is -0.465 e. The van der Waals surface area contributed by atoms with E-state index in [0.29, 0.717) is 49.4 Å². The zero-order chi connectivity index (χ0) is 36.1. The predicted molar refractivity (Wildman–Crippen MR) is 179 cm³/mol. The summed E-state index contributed by atoms with van der Waals surface area (Å²) in [5.74, 6) is -2.16.